The fourth-order valence-electron chi connectivity index (χ4n) is 3.21. The molecule has 1 aliphatic rings. The Bertz CT molecular complexity index is 619. The number of benzene rings is 1. The van der Waals surface area contributed by atoms with E-state index in [1.165, 1.54) is 13.5 Å². The second kappa shape index (κ2) is 9.13. The molecule has 0 aliphatic heterocycles. The van der Waals surface area contributed by atoms with Gasteiger partial charge < -0.3 is 14.8 Å². The smallest absolute Gasteiger partial charge is 0.342 e. The van der Waals surface area contributed by atoms with Gasteiger partial charge in [0.2, 0.25) is 0 Å². The highest BCUT2D eigenvalue weighted by molar-refractivity contribution is 7.98. The number of nitrogens with one attached hydrogen (secondary N) is 1. The molecule has 0 aromatic heterocycles. The number of methoxy groups -OCH3 is 1. The molecule has 0 radical (unpaired) electrons. The zero-order chi connectivity index (χ0) is 18.4. The number of esters is 1. The van der Waals surface area contributed by atoms with E-state index in [9.17, 15) is 9.59 Å². The summed E-state index contributed by atoms with van der Waals surface area (Å²) in [5.41, 5.74) is 0.327. The summed E-state index contributed by atoms with van der Waals surface area (Å²) in [4.78, 5) is 25.4. The van der Waals surface area contributed by atoms with Crippen LogP contribution in [0.25, 0.3) is 0 Å². The van der Waals surface area contributed by atoms with Crippen molar-refractivity contribution in [1.29, 1.82) is 0 Å². The molecule has 0 saturated heterocycles. The summed E-state index contributed by atoms with van der Waals surface area (Å²) < 4.78 is 10.4. The molecule has 1 aromatic rings. The molecule has 1 saturated carbocycles. The second-order valence-corrected chi connectivity index (χ2v) is 7.46. The molecule has 3 unspecified atom stereocenters. The Morgan fingerprint density at radius 1 is 1.28 bits per heavy atom. The van der Waals surface area contributed by atoms with Crippen molar-refractivity contribution in [2.75, 3.05) is 20.0 Å². The summed E-state index contributed by atoms with van der Waals surface area (Å²) >= 11 is 1.56. The van der Waals surface area contributed by atoms with Crippen molar-refractivity contribution in [1.82, 2.24) is 5.32 Å². The average molecular weight is 365 g/mol. The van der Waals surface area contributed by atoms with Crippen LogP contribution in [0.3, 0.4) is 0 Å². The Morgan fingerprint density at radius 3 is 2.72 bits per heavy atom. The number of hydrogen-bond acceptors (Lipinski definition) is 5. The Balaban J connectivity index is 1.90. The van der Waals surface area contributed by atoms with Crippen molar-refractivity contribution in [2.24, 2.45) is 11.8 Å². The molecule has 0 spiro atoms. The Hall–Kier alpha value is -1.69. The predicted molar refractivity (Wildman–Crippen MR) is 99.2 cm³/mol. The Labute approximate surface area is 153 Å². The summed E-state index contributed by atoms with van der Waals surface area (Å²) in [7, 11) is 1.51. The van der Waals surface area contributed by atoms with Gasteiger partial charge in [-0.1, -0.05) is 26.7 Å². The number of hydrogen-bond donors (Lipinski definition) is 1. The molecule has 1 N–H and O–H groups in total. The number of ether oxygens (including phenoxy) is 2. The van der Waals surface area contributed by atoms with E-state index < -0.39 is 5.97 Å². The van der Waals surface area contributed by atoms with Crippen LogP contribution >= 0.6 is 11.8 Å². The van der Waals surface area contributed by atoms with Gasteiger partial charge in [-0.25, -0.2) is 4.79 Å². The number of carbonyl (C=O) groups excluding carboxylic acids is 2. The number of thioether (sulfide) groups is 1. The minimum atomic E-state index is -0.551. The molecule has 138 valence electrons. The molecule has 3 atom stereocenters. The van der Waals surface area contributed by atoms with E-state index in [1.807, 2.05) is 12.3 Å². The van der Waals surface area contributed by atoms with Gasteiger partial charge >= 0.3 is 5.97 Å². The van der Waals surface area contributed by atoms with Crippen LogP contribution in [0, 0.1) is 11.8 Å². The van der Waals surface area contributed by atoms with Gasteiger partial charge in [0, 0.05) is 10.9 Å². The molecule has 1 aromatic carbocycles. The highest BCUT2D eigenvalue weighted by atomic mass is 32.2. The molecule has 0 heterocycles. The molecular formula is C19H27NO4S. The van der Waals surface area contributed by atoms with E-state index >= 15 is 0 Å². The first-order valence-corrected chi connectivity index (χ1v) is 9.87. The standard InChI is InChI=1S/C19H27NO4S/c1-12-6-5-7-16(13(12)2)20-18(21)11-24-19(22)15-9-8-14(25-4)10-17(15)23-3/h8-10,12-13,16H,5-7,11H2,1-4H3,(H,20,21). The molecular weight excluding hydrogens is 338 g/mol. The number of amides is 1. The third-order valence-electron chi connectivity index (χ3n) is 5.02. The van der Waals surface area contributed by atoms with Crippen LogP contribution in [-0.4, -0.2) is 37.9 Å². The van der Waals surface area contributed by atoms with E-state index in [1.54, 1.807) is 23.9 Å². The van der Waals surface area contributed by atoms with Crippen molar-refractivity contribution in [3.8, 4) is 5.75 Å². The normalized spacial score (nSPS) is 23.0. The van der Waals surface area contributed by atoms with Crippen LogP contribution in [-0.2, 0) is 9.53 Å². The van der Waals surface area contributed by atoms with Gasteiger partial charge in [-0.05, 0) is 42.7 Å². The first-order valence-electron chi connectivity index (χ1n) is 8.64. The van der Waals surface area contributed by atoms with Gasteiger partial charge in [-0.15, -0.1) is 11.8 Å². The first kappa shape index (κ1) is 19.6. The lowest BCUT2D eigenvalue weighted by atomic mass is 9.78. The number of rotatable bonds is 6. The molecule has 6 heteroatoms. The summed E-state index contributed by atoms with van der Waals surface area (Å²) in [6.45, 7) is 4.11. The molecule has 0 bridgehead atoms. The number of carbonyl (C=O) groups is 2. The van der Waals surface area contributed by atoms with Crippen LogP contribution in [0.1, 0.15) is 43.5 Å². The topological polar surface area (TPSA) is 64.6 Å². The second-order valence-electron chi connectivity index (χ2n) is 6.58. The van der Waals surface area contributed by atoms with Crippen molar-refractivity contribution in [2.45, 2.75) is 44.0 Å². The van der Waals surface area contributed by atoms with Crippen molar-refractivity contribution in [3.05, 3.63) is 23.8 Å². The first-order chi connectivity index (χ1) is 12.0. The van der Waals surface area contributed by atoms with E-state index in [-0.39, 0.29) is 18.6 Å². The maximum absolute atomic E-state index is 12.2. The van der Waals surface area contributed by atoms with Gasteiger partial charge in [0.15, 0.2) is 6.61 Å². The van der Waals surface area contributed by atoms with Crippen LogP contribution in [0.5, 0.6) is 5.75 Å². The fraction of sp³-hybridized carbons (Fsp3) is 0.579. The Kier molecular flexibility index (Phi) is 7.17. The van der Waals surface area contributed by atoms with Gasteiger partial charge in [-0.2, -0.15) is 0 Å². The quantitative estimate of drug-likeness (QED) is 0.617. The molecule has 1 aliphatic carbocycles. The van der Waals surface area contributed by atoms with E-state index in [0.29, 0.717) is 23.1 Å². The van der Waals surface area contributed by atoms with Gasteiger partial charge in [-0.3, -0.25) is 4.79 Å². The molecule has 1 fully saturated rings. The van der Waals surface area contributed by atoms with E-state index in [4.69, 9.17) is 9.47 Å². The average Bonchev–Trinajstić information content (AvgIpc) is 2.62. The van der Waals surface area contributed by atoms with Gasteiger partial charge in [0.25, 0.3) is 5.91 Å². The SMILES string of the molecule is COc1cc(SC)ccc1C(=O)OCC(=O)NC1CCCC(C)C1C. The van der Waals surface area contributed by atoms with Gasteiger partial charge in [0.05, 0.1) is 7.11 Å². The van der Waals surface area contributed by atoms with Crippen LogP contribution in [0.15, 0.2) is 23.1 Å². The van der Waals surface area contributed by atoms with E-state index in [0.717, 1.165) is 17.7 Å². The molecule has 1 amide bonds. The third-order valence-corrected chi connectivity index (χ3v) is 5.74. The molecule has 2 rings (SSSR count). The van der Waals surface area contributed by atoms with Crippen LogP contribution < -0.4 is 10.1 Å². The van der Waals surface area contributed by atoms with Gasteiger partial charge in [0.1, 0.15) is 11.3 Å². The van der Waals surface area contributed by atoms with Crippen LogP contribution in [0.2, 0.25) is 0 Å². The summed E-state index contributed by atoms with van der Waals surface area (Å²) in [5.74, 6) is 0.684. The molecule has 25 heavy (non-hydrogen) atoms. The monoisotopic (exact) mass is 365 g/mol. The lowest BCUT2D eigenvalue weighted by molar-refractivity contribution is -0.125. The summed E-state index contributed by atoms with van der Waals surface area (Å²) in [5, 5.41) is 3.00. The molecule has 5 nitrogen and oxygen atoms in total. The van der Waals surface area contributed by atoms with Crippen molar-refractivity contribution < 1.29 is 19.1 Å². The van der Waals surface area contributed by atoms with E-state index in [2.05, 4.69) is 19.2 Å². The zero-order valence-electron chi connectivity index (χ0n) is 15.3. The van der Waals surface area contributed by atoms with Crippen molar-refractivity contribution >= 4 is 23.6 Å². The van der Waals surface area contributed by atoms with Crippen LogP contribution in [0.4, 0.5) is 0 Å². The van der Waals surface area contributed by atoms with Crippen molar-refractivity contribution in [3.63, 3.8) is 0 Å². The summed E-state index contributed by atoms with van der Waals surface area (Å²) in [6, 6.07) is 5.43. The third kappa shape index (κ3) is 5.14. The maximum atomic E-state index is 12.2. The highest BCUT2D eigenvalue weighted by Crippen LogP contribution is 2.29. The Morgan fingerprint density at radius 2 is 2.04 bits per heavy atom. The largest absolute Gasteiger partial charge is 0.496 e. The minimum Gasteiger partial charge on any atom is -0.496 e. The fourth-order valence-corrected chi connectivity index (χ4v) is 3.64. The minimum absolute atomic E-state index is 0.158. The lowest BCUT2D eigenvalue weighted by Crippen LogP contribution is -2.45. The predicted octanol–water partition coefficient (Wildman–Crippen LogP) is 3.51. The summed E-state index contributed by atoms with van der Waals surface area (Å²) in [6.07, 6.45) is 5.25. The highest BCUT2D eigenvalue weighted by Gasteiger charge is 2.28. The zero-order valence-corrected chi connectivity index (χ0v) is 16.2. The lowest BCUT2D eigenvalue weighted by Gasteiger charge is -2.34. The maximum Gasteiger partial charge on any atom is 0.342 e.